The highest BCUT2D eigenvalue weighted by Crippen LogP contribution is 2.44. The minimum absolute atomic E-state index is 0.154. The second-order valence-corrected chi connectivity index (χ2v) is 4.90. The Morgan fingerprint density at radius 2 is 1.89 bits per heavy atom. The number of hydrogen-bond acceptors (Lipinski definition) is 3. The number of carbonyl (C=O) groups excluding carboxylic acids is 1. The summed E-state index contributed by atoms with van der Waals surface area (Å²) in [5, 5.41) is 5.76. The van der Waals surface area contributed by atoms with Crippen molar-refractivity contribution in [3.8, 4) is 0 Å². The summed E-state index contributed by atoms with van der Waals surface area (Å²) in [4.78, 5) is 13.6. The number of nitrogens with zero attached hydrogens (tertiary/aromatic N) is 1. The van der Waals surface area contributed by atoms with E-state index >= 15 is 0 Å². The van der Waals surface area contributed by atoms with Crippen LogP contribution in [-0.4, -0.2) is 56.3 Å². The van der Waals surface area contributed by atoms with Gasteiger partial charge in [-0.05, 0) is 25.9 Å². The van der Waals surface area contributed by atoms with Crippen molar-refractivity contribution < 1.29 is 18.0 Å². The van der Waals surface area contributed by atoms with Gasteiger partial charge in [-0.1, -0.05) is 0 Å². The summed E-state index contributed by atoms with van der Waals surface area (Å²) in [5.41, 5.74) is -2.21. The van der Waals surface area contributed by atoms with E-state index < -0.39 is 17.5 Å². The van der Waals surface area contributed by atoms with E-state index in [0.29, 0.717) is 26.1 Å². The summed E-state index contributed by atoms with van der Waals surface area (Å²) in [5.74, 6) is -0.760. The lowest BCUT2D eigenvalue weighted by Crippen LogP contribution is -2.54. The smallest absolute Gasteiger partial charge is 0.341 e. The van der Waals surface area contributed by atoms with Gasteiger partial charge in [0.25, 0.3) is 0 Å². The number of rotatable bonds is 1. The summed E-state index contributed by atoms with van der Waals surface area (Å²) in [7, 11) is 0. The van der Waals surface area contributed by atoms with Crippen molar-refractivity contribution >= 4 is 5.91 Å². The number of alkyl halides is 3. The third kappa shape index (κ3) is 2.33. The maximum Gasteiger partial charge on any atom is 0.404 e. The second kappa shape index (κ2) is 5.05. The molecule has 18 heavy (non-hydrogen) atoms. The fraction of sp³-hybridized carbons (Fsp3) is 0.909. The molecule has 0 aromatic heterocycles. The van der Waals surface area contributed by atoms with E-state index in [1.165, 1.54) is 4.90 Å². The van der Waals surface area contributed by atoms with Gasteiger partial charge in [-0.15, -0.1) is 0 Å². The molecular formula is C11H18F3N3O. The molecule has 1 unspecified atom stereocenters. The highest BCUT2D eigenvalue weighted by atomic mass is 19.4. The van der Waals surface area contributed by atoms with Gasteiger partial charge in [0.05, 0.1) is 0 Å². The predicted octanol–water partition coefficient (Wildman–Crippen LogP) is 0.350. The van der Waals surface area contributed by atoms with Gasteiger partial charge in [0.1, 0.15) is 0 Å². The van der Waals surface area contributed by atoms with E-state index in [1.807, 2.05) is 0 Å². The molecule has 2 fully saturated rings. The van der Waals surface area contributed by atoms with Crippen LogP contribution in [-0.2, 0) is 4.79 Å². The summed E-state index contributed by atoms with van der Waals surface area (Å²) < 4.78 is 39.7. The largest absolute Gasteiger partial charge is 0.404 e. The van der Waals surface area contributed by atoms with Crippen LogP contribution < -0.4 is 10.6 Å². The Morgan fingerprint density at radius 3 is 2.50 bits per heavy atom. The van der Waals surface area contributed by atoms with Crippen LogP contribution in [0.1, 0.15) is 12.8 Å². The Morgan fingerprint density at radius 1 is 1.11 bits per heavy atom. The zero-order valence-electron chi connectivity index (χ0n) is 10.1. The molecule has 2 rings (SSSR count). The number of carbonyl (C=O) groups is 1. The van der Waals surface area contributed by atoms with Gasteiger partial charge >= 0.3 is 6.18 Å². The van der Waals surface area contributed by atoms with Crippen LogP contribution in [0.5, 0.6) is 0 Å². The Bertz CT molecular complexity index is 305. The van der Waals surface area contributed by atoms with E-state index in [-0.39, 0.29) is 19.5 Å². The zero-order valence-corrected chi connectivity index (χ0v) is 10.1. The van der Waals surface area contributed by atoms with E-state index in [9.17, 15) is 18.0 Å². The molecule has 1 amide bonds. The third-order valence-electron chi connectivity index (χ3n) is 3.73. The first-order chi connectivity index (χ1) is 8.47. The van der Waals surface area contributed by atoms with Gasteiger partial charge in [-0.25, -0.2) is 0 Å². The van der Waals surface area contributed by atoms with E-state index in [2.05, 4.69) is 10.6 Å². The van der Waals surface area contributed by atoms with Gasteiger partial charge in [-0.3, -0.25) is 4.79 Å². The summed E-state index contributed by atoms with van der Waals surface area (Å²) in [6.07, 6.45) is -3.93. The molecule has 0 saturated carbocycles. The molecule has 0 spiro atoms. The van der Waals surface area contributed by atoms with Crippen molar-refractivity contribution in [3.63, 3.8) is 0 Å². The first-order valence-electron chi connectivity index (χ1n) is 6.25. The van der Waals surface area contributed by atoms with Crippen molar-refractivity contribution in [2.75, 3.05) is 39.3 Å². The average Bonchev–Trinajstić information content (AvgIpc) is 2.66. The molecular weight excluding hydrogens is 247 g/mol. The molecule has 4 nitrogen and oxygen atoms in total. The summed E-state index contributed by atoms with van der Waals surface area (Å²) >= 11 is 0. The number of nitrogens with one attached hydrogen (secondary N) is 2. The summed E-state index contributed by atoms with van der Waals surface area (Å²) in [6.45, 7) is 2.03. The SMILES string of the molecule is O=C(N1CCCNCC1)C1(C(F)(F)F)CCNC1. The lowest BCUT2D eigenvalue weighted by Gasteiger charge is -2.34. The Labute approximate surface area is 104 Å². The minimum atomic E-state index is -4.48. The van der Waals surface area contributed by atoms with Crippen molar-refractivity contribution in [2.45, 2.75) is 19.0 Å². The molecule has 7 heteroatoms. The van der Waals surface area contributed by atoms with Gasteiger partial charge in [0.2, 0.25) is 5.91 Å². The molecule has 2 saturated heterocycles. The van der Waals surface area contributed by atoms with Crippen LogP contribution in [0.2, 0.25) is 0 Å². The van der Waals surface area contributed by atoms with E-state index in [0.717, 1.165) is 6.54 Å². The summed E-state index contributed by atoms with van der Waals surface area (Å²) in [6, 6.07) is 0. The van der Waals surface area contributed by atoms with Crippen LogP contribution in [0.25, 0.3) is 0 Å². The molecule has 0 radical (unpaired) electrons. The molecule has 0 bridgehead atoms. The predicted molar refractivity (Wildman–Crippen MR) is 60.0 cm³/mol. The Hall–Kier alpha value is -0.820. The molecule has 0 aromatic carbocycles. The van der Waals surface area contributed by atoms with Gasteiger partial charge < -0.3 is 15.5 Å². The quantitative estimate of drug-likeness (QED) is 0.719. The monoisotopic (exact) mass is 265 g/mol. The van der Waals surface area contributed by atoms with Crippen LogP contribution in [0.3, 0.4) is 0 Å². The topological polar surface area (TPSA) is 44.4 Å². The van der Waals surface area contributed by atoms with Crippen LogP contribution in [0.4, 0.5) is 13.2 Å². The van der Waals surface area contributed by atoms with E-state index in [4.69, 9.17) is 0 Å². The molecule has 104 valence electrons. The molecule has 0 aromatic rings. The zero-order chi connectivity index (χ0) is 13.2. The standard InChI is InChI=1S/C11H18F3N3O/c12-11(13,14)10(2-4-16-8-10)9(18)17-6-1-3-15-5-7-17/h15-16H,1-8H2. The number of amides is 1. The average molecular weight is 265 g/mol. The Kier molecular flexibility index (Phi) is 3.82. The molecule has 1 atom stereocenters. The van der Waals surface area contributed by atoms with Crippen molar-refractivity contribution in [2.24, 2.45) is 5.41 Å². The maximum absolute atomic E-state index is 13.2. The highest BCUT2D eigenvalue weighted by Gasteiger charge is 2.62. The van der Waals surface area contributed by atoms with Crippen LogP contribution >= 0.6 is 0 Å². The molecule has 2 N–H and O–H groups in total. The Balaban J connectivity index is 2.18. The van der Waals surface area contributed by atoms with Crippen LogP contribution in [0.15, 0.2) is 0 Å². The van der Waals surface area contributed by atoms with Crippen LogP contribution in [0, 0.1) is 5.41 Å². The third-order valence-corrected chi connectivity index (χ3v) is 3.73. The normalized spacial score (nSPS) is 30.3. The minimum Gasteiger partial charge on any atom is -0.341 e. The fourth-order valence-electron chi connectivity index (χ4n) is 2.59. The first-order valence-corrected chi connectivity index (χ1v) is 6.25. The molecule has 2 aliphatic heterocycles. The van der Waals surface area contributed by atoms with Crippen molar-refractivity contribution in [1.82, 2.24) is 15.5 Å². The number of halogens is 3. The van der Waals surface area contributed by atoms with Gasteiger partial charge in [0, 0.05) is 26.2 Å². The molecule has 2 aliphatic rings. The van der Waals surface area contributed by atoms with Crippen molar-refractivity contribution in [3.05, 3.63) is 0 Å². The maximum atomic E-state index is 13.2. The highest BCUT2D eigenvalue weighted by molar-refractivity contribution is 5.84. The van der Waals surface area contributed by atoms with Gasteiger partial charge in [-0.2, -0.15) is 13.2 Å². The van der Waals surface area contributed by atoms with Gasteiger partial charge in [0.15, 0.2) is 5.41 Å². The molecule has 0 aliphatic carbocycles. The number of hydrogen-bond donors (Lipinski definition) is 2. The second-order valence-electron chi connectivity index (χ2n) is 4.90. The molecule has 2 heterocycles. The van der Waals surface area contributed by atoms with Crippen molar-refractivity contribution in [1.29, 1.82) is 0 Å². The lowest BCUT2D eigenvalue weighted by atomic mass is 9.84. The first kappa shape index (κ1) is 13.6. The van der Waals surface area contributed by atoms with E-state index in [1.54, 1.807) is 0 Å². The fourth-order valence-corrected chi connectivity index (χ4v) is 2.59. The lowest BCUT2D eigenvalue weighted by molar-refractivity contribution is -0.221.